The van der Waals surface area contributed by atoms with E-state index in [1.165, 1.54) is 11.8 Å². The Labute approximate surface area is 166 Å². The first-order valence-corrected chi connectivity index (χ1v) is 9.76. The zero-order chi connectivity index (χ0) is 19.7. The van der Waals surface area contributed by atoms with Crippen LogP contribution in [-0.2, 0) is 0 Å². The summed E-state index contributed by atoms with van der Waals surface area (Å²) in [7, 11) is 3.27. The van der Waals surface area contributed by atoms with E-state index in [2.05, 4.69) is 10.1 Å². The molecule has 0 atom stereocenters. The highest BCUT2D eigenvalue weighted by atomic mass is 32.2. The molecular formula is C20H19N5O2S. The van der Waals surface area contributed by atoms with Gasteiger partial charge in [-0.15, -0.1) is 5.10 Å². The highest BCUT2D eigenvalue weighted by Gasteiger charge is 2.19. The number of ether oxygens (including phenoxy) is 2. The molecule has 2 heterocycles. The van der Waals surface area contributed by atoms with Gasteiger partial charge < -0.3 is 15.2 Å². The van der Waals surface area contributed by atoms with Crippen molar-refractivity contribution in [3.63, 3.8) is 0 Å². The SMILES string of the molecule is COc1ccc(-n2nc3nc(SC)nc(-c4cccc(OC)c4)c3c2N)cc1. The van der Waals surface area contributed by atoms with Crippen molar-refractivity contribution in [1.82, 2.24) is 19.7 Å². The molecule has 0 saturated heterocycles. The number of rotatable bonds is 5. The van der Waals surface area contributed by atoms with Gasteiger partial charge in [0.25, 0.3) is 0 Å². The van der Waals surface area contributed by atoms with Gasteiger partial charge in [-0.1, -0.05) is 23.9 Å². The van der Waals surface area contributed by atoms with Crippen LogP contribution in [0.3, 0.4) is 0 Å². The van der Waals surface area contributed by atoms with Crippen LogP contribution in [0.2, 0.25) is 0 Å². The summed E-state index contributed by atoms with van der Waals surface area (Å²) in [6.07, 6.45) is 1.93. The molecule has 0 aliphatic heterocycles. The van der Waals surface area contributed by atoms with Gasteiger partial charge in [-0.25, -0.2) is 14.6 Å². The highest BCUT2D eigenvalue weighted by Crippen LogP contribution is 2.34. The lowest BCUT2D eigenvalue weighted by Crippen LogP contribution is -2.01. The molecule has 0 fully saturated rings. The maximum atomic E-state index is 6.49. The van der Waals surface area contributed by atoms with Crippen LogP contribution in [-0.4, -0.2) is 40.2 Å². The number of benzene rings is 2. The van der Waals surface area contributed by atoms with E-state index >= 15 is 0 Å². The number of nitrogens with zero attached hydrogens (tertiary/aromatic N) is 4. The molecule has 142 valence electrons. The van der Waals surface area contributed by atoms with Crippen molar-refractivity contribution >= 4 is 28.6 Å². The zero-order valence-electron chi connectivity index (χ0n) is 15.7. The number of nitrogens with two attached hydrogens (primary N) is 1. The minimum Gasteiger partial charge on any atom is -0.497 e. The van der Waals surface area contributed by atoms with Gasteiger partial charge in [0.05, 0.1) is 31.0 Å². The molecule has 0 bridgehead atoms. The number of hydrogen-bond donors (Lipinski definition) is 1. The monoisotopic (exact) mass is 393 g/mol. The summed E-state index contributed by atoms with van der Waals surface area (Å²) in [5.74, 6) is 1.99. The fourth-order valence-corrected chi connectivity index (χ4v) is 3.34. The second kappa shape index (κ2) is 7.40. The summed E-state index contributed by atoms with van der Waals surface area (Å²) < 4.78 is 12.3. The molecule has 28 heavy (non-hydrogen) atoms. The third-order valence-electron chi connectivity index (χ3n) is 4.39. The van der Waals surface area contributed by atoms with Gasteiger partial charge in [-0.2, -0.15) is 0 Å². The van der Waals surface area contributed by atoms with Gasteiger partial charge in [-0.05, 0) is 42.7 Å². The quantitative estimate of drug-likeness (QED) is 0.407. The second-order valence-electron chi connectivity index (χ2n) is 5.98. The van der Waals surface area contributed by atoms with E-state index < -0.39 is 0 Å². The average Bonchev–Trinajstić information content (AvgIpc) is 3.09. The van der Waals surface area contributed by atoms with Gasteiger partial charge in [0.2, 0.25) is 0 Å². The number of fused-ring (bicyclic) bond motifs is 1. The standard InChI is InChI=1S/C20H19N5O2S/c1-26-14-9-7-13(8-10-14)25-18(21)16-17(12-5-4-6-15(11-12)27-2)22-20(28-3)23-19(16)24-25/h4-11H,21H2,1-3H3. The minimum atomic E-state index is 0.477. The van der Waals surface area contributed by atoms with Crippen LogP contribution in [0.1, 0.15) is 0 Å². The summed E-state index contributed by atoms with van der Waals surface area (Å²) in [6.45, 7) is 0. The lowest BCUT2D eigenvalue weighted by molar-refractivity contribution is 0.414. The van der Waals surface area contributed by atoms with Crippen LogP contribution < -0.4 is 15.2 Å². The molecule has 0 aliphatic rings. The summed E-state index contributed by atoms with van der Waals surface area (Å²) in [6, 6.07) is 15.2. The van der Waals surface area contributed by atoms with Crippen molar-refractivity contribution in [2.45, 2.75) is 5.16 Å². The maximum absolute atomic E-state index is 6.49. The van der Waals surface area contributed by atoms with E-state index in [1.54, 1.807) is 18.9 Å². The fourth-order valence-electron chi connectivity index (χ4n) is 2.98. The van der Waals surface area contributed by atoms with E-state index in [0.717, 1.165) is 28.4 Å². The third kappa shape index (κ3) is 3.11. The fraction of sp³-hybridized carbons (Fsp3) is 0.150. The second-order valence-corrected chi connectivity index (χ2v) is 6.76. The van der Waals surface area contributed by atoms with Gasteiger partial charge in [0, 0.05) is 5.56 Å². The predicted octanol–water partition coefficient (Wildman–Crippen LogP) is 3.80. The van der Waals surface area contributed by atoms with Crippen molar-refractivity contribution in [2.24, 2.45) is 0 Å². The average molecular weight is 393 g/mol. The van der Waals surface area contributed by atoms with E-state index in [1.807, 2.05) is 54.8 Å². The van der Waals surface area contributed by atoms with Crippen molar-refractivity contribution in [3.05, 3.63) is 48.5 Å². The molecule has 0 aliphatic carbocycles. The Morgan fingerprint density at radius 3 is 2.39 bits per heavy atom. The largest absolute Gasteiger partial charge is 0.497 e. The van der Waals surface area contributed by atoms with E-state index in [0.29, 0.717) is 22.0 Å². The van der Waals surface area contributed by atoms with Crippen LogP contribution in [0.25, 0.3) is 28.0 Å². The van der Waals surface area contributed by atoms with Gasteiger partial charge in [0.1, 0.15) is 17.3 Å². The molecule has 0 radical (unpaired) electrons. The number of nitrogen functional groups attached to an aromatic ring is 1. The summed E-state index contributed by atoms with van der Waals surface area (Å²) in [5.41, 5.74) is 9.48. The third-order valence-corrected chi connectivity index (χ3v) is 4.94. The number of methoxy groups -OCH3 is 2. The summed E-state index contributed by atoms with van der Waals surface area (Å²) in [4.78, 5) is 9.25. The molecule has 4 rings (SSSR count). The first kappa shape index (κ1) is 18.1. The van der Waals surface area contributed by atoms with Crippen LogP contribution in [0.4, 0.5) is 5.82 Å². The molecule has 0 amide bonds. The Morgan fingerprint density at radius 1 is 0.964 bits per heavy atom. The van der Waals surface area contributed by atoms with Gasteiger partial charge in [0.15, 0.2) is 10.8 Å². The summed E-state index contributed by atoms with van der Waals surface area (Å²) in [5, 5.41) is 5.97. The molecule has 8 heteroatoms. The Morgan fingerprint density at radius 2 is 1.71 bits per heavy atom. The van der Waals surface area contributed by atoms with Crippen molar-refractivity contribution in [3.8, 4) is 28.4 Å². The highest BCUT2D eigenvalue weighted by molar-refractivity contribution is 7.98. The Bertz CT molecular complexity index is 1140. The number of thioether (sulfide) groups is 1. The van der Waals surface area contributed by atoms with Gasteiger partial charge in [-0.3, -0.25) is 0 Å². The van der Waals surface area contributed by atoms with Crippen molar-refractivity contribution in [1.29, 1.82) is 0 Å². The molecule has 2 aromatic heterocycles. The molecule has 2 N–H and O–H groups in total. The topological polar surface area (TPSA) is 88.1 Å². The Kier molecular flexibility index (Phi) is 4.79. The smallest absolute Gasteiger partial charge is 0.190 e. The molecule has 2 aromatic carbocycles. The molecule has 4 aromatic rings. The Balaban J connectivity index is 1.95. The van der Waals surface area contributed by atoms with Crippen LogP contribution >= 0.6 is 11.8 Å². The predicted molar refractivity (Wildman–Crippen MR) is 111 cm³/mol. The molecular weight excluding hydrogens is 374 g/mol. The molecule has 7 nitrogen and oxygen atoms in total. The number of hydrogen-bond acceptors (Lipinski definition) is 7. The van der Waals surface area contributed by atoms with E-state index in [4.69, 9.17) is 20.2 Å². The number of aromatic nitrogens is 4. The molecule has 0 saturated carbocycles. The first-order chi connectivity index (χ1) is 13.6. The first-order valence-electron chi connectivity index (χ1n) is 8.53. The lowest BCUT2D eigenvalue weighted by atomic mass is 10.1. The van der Waals surface area contributed by atoms with E-state index in [-0.39, 0.29) is 0 Å². The van der Waals surface area contributed by atoms with Crippen molar-refractivity contribution < 1.29 is 9.47 Å². The minimum absolute atomic E-state index is 0.477. The number of anilines is 1. The molecule has 0 unspecified atom stereocenters. The van der Waals surface area contributed by atoms with Crippen molar-refractivity contribution in [2.75, 3.05) is 26.2 Å². The lowest BCUT2D eigenvalue weighted by Gasteiger charge is -2.08. The van der Waals surface area contributed by atoms with Crippen LogP contribution in [0, 0.1) is 0 Å². The van der Waals surface area contributed by atoms with Gasteiger partial charge >= 0.3 is 0 Å². The van der Waals surface area contributed by atoms with Crippen LogP contribution in [0.5, 0.6) is 11.5 Å². The normalized spacial score (nSPS) is 11.0. The molecule has 0 spiro atoms. The van der Waals surface area contributed by atoms with Crippen LogP contribution in [0.15, 0.2) is 53.7 Å². The van der Waals surface area contributed by atoms with E-state index in [9.17, 15) is 0 Å². The summed E-state index contributed by atoms with van der Waals surface area (Å²) >= 11 is 1.46. The zero-order valence-corrected chi connectivity index (χ0v) is 16.5. The Hall–Kier alpha value is -3.26. The maximum Gasteiger partial charge on any atom is 0.190 e.